The Morgan fingerprint density at radius 2 is 1.58 bits per heavy atom. The summed E-state index contributed by atoms with van der Waals surface area (Å²) in [7, 11) is 0. The number of hydrogen-bond acceptors (Lipinski definition) is 4. The maximum Gasteiger partial charge on any atom is 0.335 e. The Labute approximate surface area is 203 Å². The van der Waals surface area contributed by atoms with Gasteiger partial charge in [-0.1, -0.05) is 64.2 Å². The molecule has 0 aromatic carbocycles. The van der Waals surface area contributed by atoms with Crippen LogP contribution in [0.15, 0.2) is 24.3 Å². The maximum absolute atomic E-state index is 12.0. The first-order chi connectivity index (χ1) is 15.8. The van der Waals surface area contributed by atoms with Gasteiger partial charge in [-0.2, -0.15) is 0 Å². The van der Waals surface area contributed by atoms with Gasteiger partial charge in [0.15, 0.2) is 0 Å². The van der Waals surface area contributed by atoms with Crippen LogP contribution in [0.1, 0.15) is 97.8 Å². The normalized spacial score (nSPS) is 27.5. The lowest BCUT2D eigenvalue weighted by Crippen LogP contribution is -2.33. The Hall–Kier alpha value is -1.13. The molecule has 0 aromatic heterocycles. The van der Waals surface area contributed by atoms with Crippen LogP contribution in [0.3, 0.4) is 0 Å². The zero-order valence-corrected chi connectivity index (χ0v) is 21.7. The third kappa shape index (κ3) is 9.56. The molecule has 4 nitrogen and oxygen atoms in total. The Bertz CT molecular complexity index is 597. The number of carbonyl (C=O) groups is 1. The Kier molecular flexibility index (Phi) is 12.8. The maximum atomic E-state index is 12.0. The molecule has 2 rings (SSSR count). The van der Waals surface area contributed by atoms with E-state index in [0.717, 1.165) is 23.3 Å². The molecule has 190 valence electrons. The number of ether oxygens (including phenoxy) is 2. The van der Waals surface area contributed by atoms with Gasteiger partial charge < -0.3 is 14.6 Å². The van der Waals surface area contributed by atoms with E-state index in [1.165, 1.54) is 77.0 Å². The largest absolute Gasteiger partial charge is 0.462 e. The summed E-state index contributed by atoms with van der Waals surface area (Å²) < 4.78 is 11.6. The molecule has 0 heterocycles. The molecule has 0 radical (unpaired) electrons. The summed E-state index contributed by atoms with van der Waals surface area (Å²) in [5.41, 5.74) is 1.12. The average molecular weight is 463 g/mol. The highest BCUT2D eigenvalue weighted by Gasteiger charge is 2.34. The van der Waals surface area contributed by atoms with Gasteiger partial charge in [0.25, 0.3) is 0 Å². The molecule has 4 heteroatoms. The number of carbonyl (C=O) groups excluding carboxylic acids is 1. The molecule has 0 aromatic rings. The van der Waals surface area contributed by atoms with Crippen LogP contribution in [0.25, 0.3) is 0 Å². The van der Waals surface area contributed by atoms with E-state index >= 15 is 0 Å². The van der Waals surface area contributed by atoms with E-state index in [4.69, 9.17) is 14.6 Å². The standard InChI is InChI=1S/C29H50O4/c1-6-7-8-9-24-10-12-25(13-11-24)26-14-16-27(17-15-26)28(19-32-23(5)21(2)3)20-33-29(31)22(4)18-30/h23-28,30H,2,4,6-20H2,1,3,5H3. The fourth-order valence-electron chi connectivity index (χ4n) is 5.80. The highest BCUT2D eigenvalue weighted by Crippen LogP contribution is 2.43. The Balaban J connectivity index is 1.82. The number of hydrogen-bond donors (Lipinski definition) is 1. The van der Waals surface area contributed by atoms with Gasteiger partial charge in [-0.05, 0) is 76.0 Å². The number of aliphatic hydroxyl groups is 1. The van der Waals surface area contributed by atoms with E-state index < -0.39 is 5.97 Å². The fraction of sp³-hybridized carbons (Fsp3) is 0.828. The van der Waals surface area contributed by atoms with Gasteiger partial charge in [-0.3, -0.25) is 0 Å². The quantitative estimate of drug-likeness (QED) is 0.132. The van der Waals surface area contributed by atoms with Gasteiger partial charge in [0.05, 0.1) is 31.5 Å². The van der Waals surface area contributed by atoms with E-state index in [-0.39, 0.29) is 24.2 Å². The van der Waals surface area contributed by atoms with Gasteiger partial charge in [0.2, 0.25) is 0 Å². The number of esters is 1. The average Bonchev–Trinajstić information content (AvgIpc) is 2.84. The minimum Gasteiger partial charge on any atom is -0.462 e. The highest BCUT2D eigenvalue weighted by molar-refractivity contribution is 5.87. The predicted octanol–water partition coefficient (Wildman–Crippen LogP) is 6.87. The first kappa shape index (κ1) is 28.1. The Morgan fingerprint density at radius 1 is 0.970 bits per heavy atom. The van der Waals surface area contributed by atoms with Crippen molar-refractivity contribution in [3.8, 4) is 0 Å². The Morgan fingerprint density at radius 3 is 2.12 bits per heavy atom. The van der Waals surface area contributed by atoms with Gasteiger partial charge in [0.1, 0.15) is 0 Å². The molecule has 2 aliphatic carbocycles. The minimum atomic E-state index is -0.500. The topological polar surface area (TPSA) is 55.8 Å². The summed E-state index contributed by atoms with van der Waals surface area (Å²) in [5.74, 6) is 2.95. The monoisotopic (exact) mass is 462 g/mol. The molecule has 0 saturated heterocycles. The van der Waals surface area contributed by atoms with Crippen molar-refractivity contribution in [1.82, 2.24) is 0 Å². The molecule has 1 N–H and O–H groups in total. The van der Waals surface area contributed by atoms with Crippen LogP contribution in [0.4, 0.5) is 0 Å². The van der Waals surface area contributed by atoms with Gasteiger partial charge in [0, 0.05) is 5.92 Å². The molecule has 2 aliphatic rings. The van der Waals surface area contributed by atoms with Crippen LogP contribution in [-0.2, 0) is 14.3 Å². The first-order valence-corrected chi connectivity index (χ1v) is 13.6. The molecule has 0 aliphatic heterocycles. The van der Waals surface area contributed by atoms with E-state index in [9.17, 15) is 4.79 Å². The van der Waals surface area contributed by atoms with Crippen LogP contribution in [0, 0.1) is 29.6 Å². The van der Waals surface area contributed by atoms with Crippen molar-refractivity contribution in [1.29, 1.82) is 0 Å². The highest BCUT2D eigenvalue weighted by atomic mass is 16.5. The van der Waals surface area contributed by atoms with Gasteiger partial charge >= 0.3 is 5.97 Å². The van der Waals surface area contributed by atoms with Gasteiger partial charge in [-0.25, -0.2) is 4.79 Å². The third-order valence-corrected chi connectivity index (χ3v) is 8.42. The summed E-state index contributed by atoms with van der Waals surface area (Å²) in [5, 5.41) is 9.14. The lowest BCUT2D eigenvalue weighted by Gasteiger charge is -2.40. The lowest BCUT2D eigenvalue weighted by molar-refractivity contribution is -0.142. The molecule has 33 heavy (non-hydrogen) atoms. The van der Waals surface area contributed by atoms with Crippen molar-refractivity contribution in [3.05, 3.63) is 24.3 Å². The second-order valence-corrected chi connectivity index (χ2v) is 10.9. The second kappa shape index (κ2) is 15.0. The molecule has 2 saturated carbocycles. The zero-order chi connectivity index (χ0) is 24.2. The van der Waals surface area contributed by atoms with Gasteiger partial charge in [-0.15, -0.1) is 0 Å². The zero-order valence-electron chi connectivity index (χ0n) is 21.7. The van der Waals surface area contributed by atoms with Crippen molar-refractivity contribution in [2.45, 2.75) is 104 Å². The molecular weight excluding hydrogens is 412 g/mol. The van der Waals surface area contributed by atoms with E-state index in [2.05, 4.69) is 20.1 Å². The fourth-order valence-corrected chi connectivity index (χ4v) is 5.80. The van der Waals surface area contributed by atoms with Crippen LogP contribution in [-0.4, -0.2) is 37.0 Å². The number of rotatable bonds is 14. The lowest BCUT2D eigenvalue weighted by atomic mass is 9.67. The summed E-state index contributed by atoms with van der Waals surface area (Å²) in [6, 6.07) is 0. The SMILES string of the molecule is C=C(CO)C(=O)OCC(COC(C)C(=C)C)C1CCC(C2CCC(CCCCC)CC2)CC1. The molecule has 2 unspecified atom stereocenters. The summed E-state index contributed by atoms with van der Waals surface area (Å²) in [6.07, 6.45) is 16.3. The summed E-state index contributed by atoms with van der Waals surface area (Å²) in [6.45, 7) is 14.4. The van der Waals surface area contributed by atoms with Crippen LogP contribution in [0.5, 0.6) is 0 Å². The van der Waals surface area contributed by atoms with Crippen molar-refractivity contribution in [2.75, 3.05) is 19.8 Å². The third-order valence-electron chi connectivity index (χ3n) is 8.42. The molecule has 0 bridgehead atoms. The van der Waals surface area contributed by atoms with Crippen LogP contribution in [0.2, 0.25) is 0 Å². The first-order valence-electron chi connectivity index (χ1n) is 13.6. The molecule has 2 fully saturated rings. The van der Waals surface area contributed by atoms with Crippen molar-refractivity contribution < 1.29 is 19.4 Å². The summed E-state index contributed by atoms with van der Waals surface area (Å²) >= 11 is 0. The number of aliphatic hydroxyl groups excluding tert-OH is 1. The predicted molar refractivity (Wildman–Crippen MR) is 136 cm³/mol. The van der Waals surface area contributed by atoms with Crippen molar-refractivity contribution in [3.63, 3.8) is 0 Å². The van der Waals surface area contributed by atoms with Crippen molar-refractivity contribution >= 4 is 5.97 Å². The molecule has 0 amide bonds. The van der Waals surface area contributed by atoms with Crippen molar-refractivity contribution in [2.24, 2.45) is 29.6 Å². The molecular formula is C29H50O4. The smallest absolute Gasteiger partial charge is 0.335 e. The number of unbranched alkanes of at least 4 members (excludes halogenated alkanes) is 2. The summed E-state index contributed by atoms with van der Waals surface area (Å²) in [4.78, 5) is 12.0. The molecule has 0 spiro atoms. The van der Waals surface area contributed by atoms with Crippen LogP contribution < -0.4 is 0 Å². The van der Waals surface area contributed by atoms with E-state index in [0.29, 0.717) is 19.1 Å². The van der Waals surface area contributed by atoms with E-state index in [1.807, 2.05) is 13.8 Å². The van der Waals surface area contributed by atoms with Crippen LogP contribution >= 0.6 is 0 Å². The second-order valence-electron chi connectivity index (χ2n) is 10.9. The minimum absolute atomic E-state index is 0.000501. The molecule has 2 atom stereocenters. The van der Waals surface area contributed by atoms with E-state index in [1.54, 1.807) is 0 Å².